The summed E-state index contributed by atoms with van der Waals surface area (Å²) >= 11 is 5.55. The molecule has 0 atom stereocenters. The van der Waals surface area contributed by atoms with Crippen molar-refractivity contribution in [1.29, 1.82) is 0 Å². The second-order valence-corrected chi connectivity index (χ2v) is 3.70. The third kappa shape index (κ3) is 2.68. The van der Waals surface area contributed by atoms with Crippen LogP contribution in [0.1, 0.15) is 5.56 Å². The van der Waals surface area contributed by atoms with Crippen molar-refractivity contribution in [2.24, 2.45) is 5.73 Å². The molecule has 12 heavy (non-hydrogen) atoms. The maximum Gasteiger partial charge on any atom is 0.129 e. The summed E-state index contributed by atoms with van der Waals surface area (Å²) in [7, 11) is -1.24. The van der Waals surface area contributed by atoms with E-state index in [1.165, 1.54) is 0 Å². The van der Waals surface area contributed by atoms with Crippen LogP contribution in [0.2, 0.25) is 5.15 Å². The number of halogens is 1. The summed E-state index contributed by atoms with van der Waals surface area (Å²) in [6.07, 6.45) is 1.57. The lowest BCUT2D eigenvalue weighted by Gasteiger charge is -1.92. The predicted molar refractivity (Wildman–Crippen MR) is 49.2 cm³/mol. The molecule has 1 aromatic rings. The number of hydrogen-bond donors (Lipinski definition) is 1. The fourth-order valence-corrected chi connectivity index (χ4v) is 1.35. The highest BCUT2D eigenvalue weighted by Gasteiger charge is 1.92. The molecule has 0 unspecified atom stereocenters. The van der Waals surface area contributed by atoms with Gasteiger partial charge in [-0.05, 0) is 11.6 Å². The molecule has 0 spiro atoms. The highest BCUT2D eigenvalue weighted by molar-refractivity contribution is 7.73. The van der Waals surface area contributed by atoms with E-state index in [1.54, 1.807) is 18.3 Å². The monoisotopic (exact) mass is 202 g/mol. The molecule has 0 saturated carbocycles. The van der Waals surface area contributed by atoms with Crippen molar-refractivity contribution in [2.75, 3.05) is 0 Å². The van der Waals surface area contributed by atoms with Crippen LogP contribution in [-0.4, -0.2) is 9.19 Å². The van der Waals surface area contributed by atoms with Crippen LogP contribution in [0.25, 0.3) is 0 Å². The third-order valence-corrected chi connectivity index (χ3v) is 2.30. The van der Waals surface area contributed by atoms with Crippen molar-refractivity contribution in [3.63, 3.8) is 0 Å². The fraction of sp³-hybridized carbons (Fsp3) is 0.143. The second kappa shape index (κ2) is 4.28. The van der Waals surface area contributed by atoms with Gasteiger partial charge in [-0.3, -0.25) is 5.73 Å². The molecule has 1 aromatic heterocycles. The number of nitrogens with two attached hydrogens (primary N) is 1. The standard InChI is InChI=1S/C7H7ClN2OS/c8-7-2-1-6(3-10-7)4-12(11)5-9/h1-3H,4,9H2. The molecule has 2 N–H and O–H groups in total. The van der Waals surface area contributed by atoms with Gasteiger partial charge in [0, 0.05) is 21.7 Å². The Bertz CT molecular complexity index is 392. The Morgan fingerprint density at radius 1 is 1.67 bits per heavy atom. The van der Waals surface area contributed by atoms with E-state index >= 15 is 0 Å². The zero-order valence-corrected chi connectivity index (χ0v) is 7.73. The fourth-order valence-electron chi connectivity index (χ4n) is 0.685. The molecule has 0 radical (unpaired) electrons. The van der Waals surface area contributed by atoms with E-state index in [0.717, 1.165) is 5.56 Å². The topological polar surface area (TPSA) is 56.0 Å². The molecule has 1 rings (SSSR count). The molecule has 0 aliphatic carbocycles. The van der Waals surface area contributed by atoms with E-state index in [2.05, 4.69) is 10.3 Å². The Morgan fingerprint density at radius 2 is 2.42 bits per heavy atom. The van der Waals surface area contributed by atoms with Gasteiger partial charge in [0.05, 0.1) is 5.75 Å². The largest absolute Gasteiger partial charge is 0.259 e. The third-order valence-electron chi connectivity index (χ3n) is 1.22. The van der Waals surface area contributed by atoms with E-state index in [4.69, 9.17) is 17.3 Å². The first kappa shape index (κ1) is 9.29. The van der Waals surface area contributed by atoms with Crippen molar-refractivity contribution in [3.8, 4) is 5.31 Å². The van der Waals surface area contributed by atoms with Gasteiger partial charge < -0.3 is 0 Å². The summed E-state index contributed by atoms with van der Waals surface area (Å²) in [5.74, 6) is 0.334. The molecule has 0 bridgehead atoms. The average molecular weight is 203 g/mol. The number of pyridine rings is 1. The van der Waals surface area contributed by atoms with Gasteiger partial charge in [-0.25, -0.2) is 9.19 Å². The van der Waals surface area contributed by atoms with Crippen molar-refractivity contribution in [2.45, 2.75) is 5.75 Å². The van der Waals surface area contributed by atoms with Gasteiger partial charge in [-0.1, -0.05) is 17.7 Å². The van der Waals surface area contributed by atoms with Gasteiger partial charge in [0.2, 0.25) is 0 Å². The molecule has 0 amide bonds. The molecule has 0 aliphatic rings. The maximum absolute atomic E-state index is 10.9. The van der Waals surface area contributed by atoms with Crippen molar-refractivity contribution in [1.82, 2.24) is 4.98 Å². The number of aromatic nitrogens is 1. The summed E-state index contributed by atoms with van der Waals surface area (Å²) in [6, 6.07) is 3.40. The van der Waals surface area contributed by atoms with Crippen molar-refractivity contribution >= 4 is 21.8 Å². The molecular weight excluding hydrogens is 196 g/mol. The summed E-state index contributed by atoms with van der Waals surface area (Å²) in [5.41, 5.74) is 5.78. The first-order chi connectivity index (χ1) is 5.72. The SMILES string of the molecule is NC#S(=O)Cc1ccc(Cl)nc1. The maximum atomic E-state index is 10.9. The lowest BCUT2D eigenvalue weighted by atomic mass is 10.3. The highest BCUT2D eigenvalue weighted by Crippen LogP contribution is 2.05. The Kier molecular flexibility index (Phi) is 3.31. The molecule has 0 saturated heterocycles. The van der Waals surface area contributed by atoms with Crippen LogP contribution in [0, 0.1) is 5.31 Å². The van der Waals surface area contributed by atoms with Crippen LogP contribution in [-0.2, 0) is 16.0 Å². The number of hydrogen-bond acceptors (Lipinski definition) is 3. The number of nitrogens with zero attached hydrogens (tertiary/aromatic N) is 1. The van der Waals surface area contributed by atoms with Gasteiger partial charge in [0.25, 0.3) is 0 Å². The summed E-state index contributed by atoms with van der Waals surface area (Å²) in [5, 5.41) is 2.56. The Morgan fingerprint density at radius 3 is 2.92 bits per heavy atom. The minimum absolute atomic E-state index is 0.334. The molecule has 3 nitrogen and oxygen atoms in total. The summed E-state index contributed by atoms with van der Waals surface area (Å²) in [4.78, 5) is 3.83. The lowest BCUT2D eigenvalue weighted by molar-refractivity contribution is 0.691. The van der Waals surface area contributed by atoms with Gasteiger partial charge >= 0.3 is 0 Å². The molecule has 0 aliphatic heterocycles. The molecule has 64 valence electrons. The van der Waals surface area contributed by atoms with E-state index < -0.39 is 10.2 Å². The zero-order chi connectivity index (χ0) is 8.97. The van der Waals surface area contributed by atoms with E-state index in [0.29, 0.717) is 10.9 Å². The van der Waals surface area contributed by atoms with Gasteiger partial charge in [-0.15, -0.1) is 0 Å². The first-order valence-electron chi connectivity index (χ1n) is 3.17. The van der Waals surface area contributed by atoms with Crippen LogP contribution in [0.3, 0.4) is 0 Å². The second-order valence-electron chi connectivity index (χ2n) is 2.10. The quantitative estimate of drug-likeness (QED) is 0.543. The van der Waals surface area contributed by atoms with Crippen LogP contribution in [0.5, 0.6) is 0 Å². The molecule has 1 heterocycles. The Balaban J connectivity index is 2.83. The van der Waals surface area contributed by atoms with Gasteiger partial charge in [0.1, 0.15) is 5.15 Å². The van der Waals surface area contributed by atoms with E-state index in [1.807, 2.05) is 0 Å². The smallest absolute Gasteiger partial charge is 0.129 e. The van der Waals surface area contributed by atoms with Crippen LogP contribution >= 0.6 is 11.6 Å². The average Bonchev–Trinajstić information content (AvgIpc) is 2.09. The van der Waals surface area contributed by atoms with E-state index in [-0.39, 0.29) is 0 Å². The molecular formula is C7H7ClN2OS. The minimum atomic E-state index is -1.24. The molecule has 0 aromatic carbocycles. The normalized spacial score (nSPS) is 9.17. The first-order valence-corrected chi connectivity index (χ1v) is 4.87. The Labute approximate surface area is 77.2 Å². The lowest BCUT2D eigenvalue weighted by Crippen LogP contribution is -1.89. The Hall–Kier alpha value is -0.800. The zero-order valence-electron chi connectivity index (χ0n) is 6.16. The van der Waals surface area contributed by atoms with Crippen molar-refractivity contribution in [3.05, 3.63) is 29.0 Å². The highest BCUT2D eigenvalue weighted by atomic mass is 35.5. The van der Waals surface area contributed by atoms with Crippen LogP contribution < -0.4 is 5.73 Å². The minimum Gasteiger partial charge on any atom is -0.259 e. The van der Waals surface area contributed by atoms with Gasteiger partial charge in [-0.2, -0.15) is 0 Å². The van der Waals surface area contributed by atoms with Gasteiger partial charge in [0.15, 0.2) is 0 Å². The summed E-state index contributed by atoms with van der Waals surface area (Å²) < 4.78 is 10.9. The number of rotatable bonds is 1. The van der Waals surface area contributed by atoms with E-state index in [9.17, 15) is 4.21 Å². The predicted octanol–water partition coefficient (Wildman–Crippen LogP) is 0.859. The molecule has 0 fully saturated rings. The van der Waals surface area contributed by atoms with Crippen LogP contribution in [0.15, 0.2) is 18.3 Å². The van der Waals surface area contributed by atoms with Crippen LogP contribution in [0.4, 0.5) is 0 Å². The van der Waals surface area contributed by atoms with Crippen molar-refractivity contribution < 1.29 is 4.21 Å². The summed E-state index contributed by atoms with van der Waals surface area (Å²) in [6.45, 7) is 0. The molecule has 5 heteroatoms.